The SMILES string of the molecule is CC(=O)N1CC(C)(C)c2ncncc21. The van der Waals surface area contributed by atoms with Crippen molar-refractivity contribution in [2.24, 2.45) is 0 Å². The van der Waals surface area contributed by atoms with Gasteiger partial charge >= 0.3 is 0 Å². The quantitative estimate of drug-likeness (QED) is 0.617. The van der Waals surface area contributed by atoms with Crippen LogP contribution in [-0.2, 0) is 10.2 Å². The number of hydrogen-bond acceptors (Lipinski definition) is 3. The molecule has 0 atom stereocenters. The van der Waals surface area contributed by atoms with Crippen molar-refractivity contribution in [1.82, 2.24) is 9.97 Å². The second-order valence-corrected chi connectivity index (χ2v) is 4.25. The molecule has 0 radical (unpaired) electrons. The van der Waals surface area contributed by atoms with E-state index in [0.717, 1.165) is 11.4 Å². The van der Waals surface area contributed by atoms with E-state index in [2.05, 4.69) is 23.8 Å². The van der Waals surface area contributed by atoms with Crippen LogP contribution in [0.2, 0.25) is 0 Å². The Balaban J connectivity index is 2.55. The molecule has 0 bridgehead atoms. The van der Waals surface area contributed by atoms with E-state index in [0.29, 0.717) is 6.54 Å². The number of fused-ring (bicyclic) bond motifs is 1. The molecule has 0 spiro atoms. The summed E-state index contributed by atoms with van der Waals surface area (Å²) in [5.41, 5.74) is 1.75. The van der Waals surface area contributed by atoms with Crippen LogP contribution in [0.3, 0.4) is 0 Å². The zero-order valence-corrected chi connectivity index (χ0v) is 8.61. The number of carbonyl (C=O) groups excluding carboxylic acids is 1. The van der Waals surface area contributed by atoms with Crippen molar-refractivity contribution in [2.75, 3.05) is 11.4 Å². The Labute approximate surface area is 83.0 Å². The van der Waals surface area contributed by atoms with E-state index in [-0.39, 0.29) is 11.3 Å². The van der Waals surface area contributed by atoms with Gasteiger partial charge in [0, 0.05) is 18.9 Å². The zero-order valence-electron chi connectivity index (χ0n) is 8.61. The largest absolute Gasteiger partial charge is 0.309 e. The summed E-state index contributed by atoms with van der Waals surface area (Å²) in [6.45, 7) is 6.43. The Morgan fingerprint density at radius 2 is 2.29 bits per heavy atom. The maximum Gasteiger partial charge on any atom is 0.223 e. The Morgan fingerprint density at radius 3 is 2.93 bits per heavy atom. The lowest BCUT2D eigenvalue weighted by Gasteiger charge is -2.18. The van der Waals surface area contributed by atoms with Gasteiger partial charge in [0.05, 0.1) is 17.6 Å². The molecule has 74 valence electrons. The Hall–Kier alpha value is -1.45. The number of aromatic nitrogens is 2. The van der Waals surface area contributed by atoms with Crippen LogP contribution in [0.1, 0.15) is 26.5 Å². The predicted octanol–water partition coefficient (Wildman–Crippen LogP) is 1.12. The van der Waals surface area contributed by atoms with Gasteiger partial charge in [-0.3, -0.25) is 4.79 Å². The van der Waals surface area contributed by atoms with Gasteiger partial charge in [-0.25, -0.2) is 9.97 Å². The molecule has 1 aliphatic rings. The van der Waals surface area contributed by atoms with Gasteiger partial charge in [0.15, 0.2) is 0 Å². The van der Waals surface area contributed by atoms with Gasteiger partial charge in [-0.15, -0.1) is 0 Å². The molecule has 1 aromatic rings. The van der Waals surface area contributed by atoms with Gasteiger partial charge in [0.25, 0.3) is 0 Å². The minimum Gasteiger partial charge on any atom is -0.309 e. The summed E-state index contributed by atoms with van der Waals surface area (Å²) in [4.78, 5) is 21.3. The van der Waals surface area contributed by atoms with Crippen molar-refractivity contribution in [3.05, 3.63) is 18.2 Å². The van der Waals surface area contributed by atoms with Crippen molar-refractivity contribution < 1.29 is 4.79 Å². The number of nitrogens with zero attached hydrogens (tertiary/aromatic N) is 3. The average Bonchev–Trinajstić information content (AvgIpc) is 2.40. The number of rotatable bonds is 0. The third-order valence-electron chi connectivity index (χ3n) is 2.56. The van der Waals surface area contributed by atoms with Crippen LogP contribution in [0, 0.1) is 0 Å². The first-order valence-electron chi connectivity index (χ1n) is 4.61. The third-order valence-corrected chi connectivity index (χ3v) is 2.56. The molecule has 0 saturated carbocycles. The Kier molecular flexibility index (Phi) is 1.80. The second kappa shape index (κ2) is 2.77. The summed E-state index contributed by atoms with van der Waals surface area (Å²) in [6.07, 6.45) is 3.24. The van der Waals surface area contributed by atoms with E-state index >= 15 is 0 Å². The van der Waals surface area contributed by atoms with Gasteiger partial charge < -0.3 is 4.90 Å². The predicted molar refractivity (Wildman–Crippen MR) is 53.1 cm³/mol. The lowest BCUT2D eigenvalue weighted by Crippen LogP contribution is -2.32. The highest BCUT2D eigenvalue weighted by Gasteiger charge is 2.38. The van der Waals surface area contributed by atoms with Gasteiger partial charge in [-0.05, 0) is 0 Å². The molecule has 0 aliphatic carbocycles. The van der Waals surface area contributed by atoms with Crippen molar-refractivity contribution in [2.45, 2.75) is 26.2 Å². The maximum atomic E-state index is 11.4. The first-order valence-corrected chi connectivity index (χ1v) is 4.61. The van der Waals surface area contributed by atoms with Crippen molar-refractivity contribution >= 4 is 11.6 Å². The first-order chi connectivity index (χ1) is 6.52. The highest BCUT2D eigenvalue weighted by molar-refractivity contribution is 5.93. The molecule has 0 saturated heterocycles. The molecule has 4 heteroatoms. The summed E-state index contributed by atoms with van der Waals surface area (Å²) in [5.74, 6) is 0.0478. The normalized spacial score (nSPS) is 18.1. The summed E-state index contributed by atoms with van der Waals surface area (Å²) < 4.78 is 0. The second-order valence-electron chi connectivity index (χ2n) is 4.25. The molecule has 2 rings (SSSR count). The van der Waals surface area contributed by atoms with E-state index in [4.69, 9.17) is 0 Å². The maximum absolute atomic E-state index is 11.4. The molecule has 2 heterocycles. The minimum absolute atomic E-state index is 0.0478. The molecule has 0 aromatic carbocycles. The fraction of sp³-hybridized carbons (Fsp3) is 0.500. The van der Waals surface area contributed by atoms with Crippen molar-refractivity contribution in [3.8, 4) is 0 Å². The van der Waals surface area contributed by atoms with E-state index < -0.39 is 0 Å². The first kappa shape index (κ1) is 9.12. The summed E-state index contributed by atoms with van der Waals surface area (Å²) in [5, 5.41) is 0. The highest BCUT2D eigenvalue weighted by atomic mass is 16.2. The molecule has 14 heavy (non-hydrogen) atoms. The van der Waals surface area contributed by atoms with E-state index in [1.54, 1.807) is 18.0 Å². The number of amides is 1. The van der Waals surface area contributed by atoms with Crippen LogP contribution in [-0.4, -0.2) is 22.4 Å². The van der Waals surface area contributed by atoms with Gasteiger partial charge in [0.1, 0.15) is 6.33 Å². The van der Waals surface area contributed by atoms with E-state index in [9.17, 15) is 4.79 Å². The monoisotopic (exact) mass is 191 g/mol. The van der Waals surface area contributed by atoms with Crippen LogP contribution < -0.4 is 4.90 Å². The van der Waals surface area contributed by atoms with Gasteiger partial charge in [-0.1, -0.05) is 13.8 Å². The molecule has 1 amide bonds. The number of anilines is 1. The molecule has 1 aromatic heterocycles. The molecule has 4 nitrogen and oxygen atoms in total. The number of carbonyl (C=O) groups is 1. The van der Waals surface area contributed by atoms with Crippen molar-refractivity contribution in [1.29, 1.82) is 0 Å². The summed E-state index contributed by atoms with van der Waals surface area (Å²) >= 11 is 0. The van der Waals surface area contributed by atoms with Crippen LogP contribution in [0.15, 0.2) is 12.5 Å². The Morgan fingerprint density at radius 1 is 1.57 bits per heavy atom. The third kappa shape index (κ3) is 1.18. The topological polar surface area (TPSA) is 46.1 Å². The zero-order chi connectivity index (χ0) is 10.3. The smallest absolute Gasteiger partial charge is 0.223 e. The molecular weight excluding hydrogens is 178 g/mol. The molecule has 0 N–H and O–H groups in total. The molecule has 0 fully saturated rings. The van der Waals surface area contributed by atoms with Crippen LogP contribution >= 0.6 is 0 Å². The summed E-state index contributed by atoms with van der Waals surface area (Å²) in [7, 11) is 0. The van der Waals surface area contributed by atoms with Crippen molar-refractivity contribution in [3.63, 3.8) is 0 Å². The van der Waals surface area contributed by atoms with Gasteiger partial charge in [0.2, 0.25) is 5.91 Å². The fourth-order valence-electron chi connectivity index (χ4n) is 1.88. The average molecular weight is 191 g/mol. The Bertz CT molecular complexity index is 387. The lowest BCUT2D eigenvalue weighted by atomic mass is 9.92. The molecule has 0 unspecified atom stereocenters. The minimum atomic E-state index is -0.0655. The highest BCUT2D eigenvalue weighted by Crippen LogP contribution is 2.37. The van der Waals surface area contributed by atoms with Crippen LogP contribution in [0.4, 0.5) is 5.69 Å². The molecule has 1 aliphatic heterocycles. The summed E-state index contributed by atoms with van der Waals surface area (Å²) in [6, 6.07) is 0. The van der Waals surface area contributed by atoms with Crippen LogP contribution in [0.5, 0.6) is 0 Å². The van der Waals surface area contributed by atoms with Gasteiger partial charge in [-0.2, -0.15) is 0 Å². The fourth-order valence-corrected chi connectivity index (χ4v) is 1.88. The van der Waals surface area contributed by atoms with Crippen LogP contribution in [0.25, 0.3) is 0 Å². The number of hydrogen-bond donors (Lipinski definition) is 0. The van der Waals surface area contributed by atoms with E-state index in [1.807, 2.05) is 0 Å². The van der Waals surface area contributed by atoms with E-state index in [1.165, 1.54) is 6.33 Å². The standard InChI is InChI=1S/C10H13N3O/c1-7(14)13-5-10(2,3)9-8(13)4-11-6-12-9/h4,6H,5H2,1-3H3. The lowest BCUT2D eigenvalue weighted by molar-refractivity contribution is -0.116. The molecular formula is C10H13N3O.